The molecule has 0 aromatic heterocycles. The van der Waals surface area contributed by atoms with E-state index in [1.165, 1.54) is 0 Å². The van der Waals surface area contributed by atoms with Gasteiger partial charge in [0.2, 0.25) is 5.91 Å². The lowest BCUT2D eigenvalue weighted by molar-refractivity contribution is -0.148. The molecule has 3 atom stereocenters. The number of likely N-dealkylation sites (tertiary alicyclic amines) is 1. The topological polar surface area (TPSA) is 84.6 Å². The van der Waals surface area contributed by atoms with Crippen molar-refractivity contribution in [2.45, 2.75) is 62.1 Å². The monoisotopic (exact) mass is 364 g/mol. The normalized spacial score (nSPS) is 28.6. The quantitative estimate of drug-likeness (QED) is 0.803. The van der Waals surface area contributed by atoms with Crippen LogP contribution in [0.5, 0.6) is 0 Å². The predicted molar refractivity (Wildman–Crippen MR) is 99.3 cm³/mol. The molecule has 0 bridgehead atoms. The minimum absolute atomic E-state index is 0.00384. The molecule has 5 heteroatoms. The fourth-order valence-corrected chi connectivity index (χ4v) is 4.31. The number of nitrogens with zero attached hydrogens (tertiary/aromatic N) is 2. The van der Waals surface area contributed by atoms with Gasteiger partial charge < -0.3 is 15.1 Å². The molecule has 1 heterocycles. The van der Waals surface area contributed by atoms with Crippen molar-refractivity contribution in [2.24, 2.45) is 5.92 Å². The second-order valence-corrected chi connectivity index (χ2v) is 7.98. The molecule has 4 rings (SSSR count). The van der Waals surface area contributed by atoms with E-state index < -0.39 is 11.6 Å². The number of hydrogen-bond donors (Lipinski definition) is 2. The van der Waals surface area contributed by atoms with Crippen molar-refractivity contribution in [3.8, 4) is 17.9 Å². The molecule has 0 spiro atoms. The third-order valence-corrected chi connectivity index (χ3v) is 6.08. The molecule has 1 aliphatic heterocycles. The van der Waals surface area contributed by atoms with Crippen LogP contribution in [0.25, 0.3) is 0 Å². The molecular weight excluding hydrogens is 340 g/mol. The minimum Gasteiger partial charge on any atom is -0.394 e. The number of amides is 1. The minimum atomic E-state index is -0.857. The summed E-state index contributed by atoms with van der Waals surface area (Å²) in [6.07, 6.45) is 5.26. The summed E-state index contributed by atoms with van der Waals surface area (Å²) in [5.74, 6) is 5.91. The Labute approximate surface area is 159 Å². The van der Waals surface area contributed by atoms with Gasteiger partial charge in [0.05, 0.1) is 18.7 Å². The molecule has 1 aromatic carbocycles. The molecule has 3 aliphatic rings. The van der Waals surface area contributed by atoms with Gasteiger partial charge in [-0.1, -0.05) is 24.0 Å². The average molecular weight is 364 g/mol. The van der Waals surface area contributed by atoms with Crippen molar-refractivity contribution in [3.63, 3.8) is 0 Å². The maximum Gasteiger partial charge on any atom is 0.227 e. The molecule has 0 radical (unpaired) electrons. The largest absolute Gasteiger partial charge is 0.394 e. The number of hydrogen-bond acceptors (Lipinski definition) is 4. The zero-order valence-electron chi connectivity index (χ0n) is 15.3. The third-order valence-electron chi connectivity index (χ3n) is 6.08. The van der Waals surface area contributed by atoms with Gasteiger partial charge in [-0.05, 0) is 56.2 Å². The summed E-state index contributed by atoms with van der Waals surface area (Å²) in [4.78, 5) is 14.0. The Morgan fingerprint density at radius 1 is 1.22 bits per heavy atom. The van der Waals surface area contributed by atoms with Crippen molar-refractivity contribution >= 4 is 5.91 Å². The van der Waals surface area contributed by atoms with Crippen LogP contribution in [0.2, 0.25) is 0 Å². The molecule has 1 amide bonds. The molecule has 1 aromatic rings. The fraction of sp³-hybridized carbons (Fsp3) is 0.545. The van der Waals surface area contributed by atoms with Crippen LogP contribution >= 0.6 is 0 Å². The van der Waals surface area contributed by atoms with Crippen molar-refractivity contribution in [2.75, 3.05) is 6.61 Å². The summed E-state index contributed by atoms with van der Waals surface area (Å²) in [5.41, 5.74) is 0.897. The highest BCUT2D eigenvalue weighted by Crippen LogP contribution is 2.44. The Bertz CT molecular complexity index is 820. The SMILES string of the molecule is N#C[C@H]1[C@@H](c2ccc(C#CC3(O)CCCC3)cc2)[C@@H](CO)N1C(=O)C1CC1. The number of carbonyl (C=O) groups excluding carboxylic acids is 1. The number of aliphatic hydroxyl groups excluding tert-OH is 1. The first-order chi connectivity index (χ1) is 13.1. The van der Waals surface area contributed by atoms with Crippen LogP contribution in [0.1, 0.15) is 55.6 Å². The van der Waals surface area contributed by atoms with Gasteiger partial charge >= 0.3 is 0 Å². The predicted octanol–water partition coefficient (Wildman–Crippen LogP) is 1.93. The van der Waals surface area contributed by atoms with E-state index in [4.69, 9.17) is 0 Å². The second-order valence-electron chi connectivity index (χ2n) is 7.98. The average Bonchev–Trinajstić information content (AvgIpc) is 3.43. The zero-order valence-corrected chi connectivity index (χ0v) is 15.3. The molecular formula is C22H24N2O3. The number of benzene rings is 1. The highest BCUT2D eigenvalue weighted by Gasteiger charge is 2.53. The summed E-state index contributed by atoms with van der Waals surface area (Å²) in [7, 11) is 0. The van der Waals surface area contributed by atoms with E-state index in [0.29, 0.717) is 0 Å². The summed E-state index contributed by atoms with van der Waals surface area (Å²) < 4.78 is 0. The van der Waals surface area contributed by atoms with Gasteiger partial charge in [0.15, 0.2) is 0 Å². The molecule has 27 heavy (non-hydrogen) atoms. The lowest BCUT2D eigenvalue weighted by Gasteiger charge is -2.51. The van der Waals surface area contributed by atoms with Gasteiger partial charge in [0, 0.05) is 17.4 Å². The Morgan fingerprint density at radius 2 is 1.89 bits per heavy atom. The molecule has 2 saturated carbocycles. The van der Waals surface area contributed by atoms with Crippen molar-refractivity contribution in [3.05, 3.63) is 35.4 Å². The van der Waals surface area contributed by atoms with Gasteiger partial charge in [-0.15, -0.1) is 0 Å². The smallest absolute Gasteiger partial charge is 0.227 e. The lowest BCUT2D eigenvalue weighted by atomic mass is 9.75. The maximum absolute atomic E-state index is 12.4. The summed E-state index contributed by atoms with van der Waals surface area (Å²) >= 11 is 0. The van der Waals surface area contributed by atoms with Crippen LogP contribution in [0.4, 0.5) is 0 Å². The molecule has 140 valence electrons. The van der Waals surface area contributed by atoms with Gasteiger partial charge in [-0.25, -0.2) is 0 Å². The Hall–Kier alpha value is -2.34. The Morgan fingerprint density at radius 3 is 2.44 bits per heavy atom. The van der Waals surface area contributed by atoms with E-state index in [2.05, 4.69) is 17.9 Å². The van der Waals surface area contributed by atoms with E-state index in [0.717, 1.165) is 49.7 Å². The molecule has 3 fully saturated rings. The third kappa shape index (κ3) is 3.34. The van der Waals surface area contributed by atoms with Gasteiger partial charge in [0.25, 0.3) is 0 Å². The molecule has 0 unspecified atom stereocenters. The Balaban J connectivity index is 1.50. The highest BCUT2D eigenvalue weighted by atomic mass is 16.3. The van der Waals surface area contributed by atoms with Crippen LogP contribution in [-0.4, -0.2) is 45.3 Å². The van der Waals surface area contributed by atoms with E-state index in [1.54, 1.807) is 4.90 Å². The lowest BCUT2D eigenvalue weighted by Crippen LogP contribution is -2.65. The van der Waals surface area contributed by atoms with Gasteiger partial charge in [-0.3, -0.25) is 4.79 Å². The van der Waals surface area contributed by atoms with E-state index in [9.17, 15) is 20.3 Å². The van der Waals surface area contributed by atoms with Gasteiger partial charge in [0.1, 0.15) is 11.6 Å². The Kier molecular flexibility index (Phi) is 4.68. The maximum atomic E-state index is 12.4. The number of rotatable bonds is 3. The van der Waals surface area contributed by atoms with Crippen molar-refractivity contribution in [1.29, 1.82) is 5.26 Å². The first-order valence-corrected chi connectivity index (χ1v) is 9.74. The van der Waals surface area contributed by atoms with Crippen LogP contribution in [0.3, 0.4) is 0 Å². The van der Waals surface area contributed by atoms with Crippen LogP contribution < -0.4 is 0 Å². The van der Waals surface area contributed by atoms with E-state index in [1.807, 2.05) is 24.3 Å². The molecule has 2 N–H and O–H groups in total. The van der Waals surface area contributed by atoms with Crippen molar-refractivity contribution < 1.29 is 15.0 Å². The number of nitriles is 1. The second kappa shape index (κ2) is 7.00. The fourth-order valence-electron chi connectivity index (χ4n) is 4.31. The van der Waals surface area contributed by atoms with Crippen molar-refractivity contribution in [1.82, 2.24) is 4.90 Å². The summed E-state index contributed by atoms with van der Waals surface area (Å²) in [6.45, 7) is -0.143. The first kappa shape index (κ1) is 18.0. The van der Waals surface area contributed by atoms with Gasteiger partial charge in [-0.2, -0.15) is 5.26 Å². The van der Waals surface area contributed by atoms with E-state index in [-0.39, 0.29) is 30.4 Å². The summed E-state index contributed by atoms with van der Waals surface area (Å²) in [6, 6.07) is 8.99. The van der Waals surface area contributed by atoms with Crippen LogP contribution in [-0.2, 0) is 4.79 Å². The molecule has 2 aliphatic carbocycles. The zero-order chi connectivity index (χ0) is 19.0. The van der Waals surface area contributed by atoms with Crippen LogP contribution in [0.15, 0.2) is 24.3 Å². The first-order valence-electron chi connectivity index (χ1n) is 9.74. The van der Waals surface area contributed by atoms with Crippen LogP contribution in [0, 0.1) is 29.1 Å². The highest BCUT2D eigenvalue weighted by molar-refractivity contribution is 5.83. The molecule has 5 nitrogen and oxygen atoms in total. The number of aliphatic hydroxyl groups is 2. The standard InChI is InChI=1S/C22H24N2O3/c23-13-18-20(19(14-25)24(18)21(26)17-7-8-17)16-5-3-15(4-6-16)9-12-22(27)10-1-2-11-22/h3-6,17-20,25,27H,1-2,7-8,10-11,14H2/t18-,19+,20+/m0/s1. The number of carbonyl (C=O) groups is 1. The van der Waals surface area contributed by atoms with E-state index >= 15 is 0 Å². The summed E-state index contributed by atoms with van der Waals surface area (Å²) in [5, 5.41) is 29.7. The molecule has 1 saturated heterocycles.